The van der Waals surface area contributed by atoms with Gasteiger partial charge in [-0.2, -0.15) is 0 Å². The second-order valence-electron chi connectivity index (χ2n) is 8.99. The summed E-state index contributed by atoms with van der Waals surface area (Å²) in [6.45, 7) is 2.25. The average molecular weight is 511 g/mol. The molecule has 0 amide bonds. The minimum absolute atomic E-state index is 0.0354. The van der Waals surface area contributed by atoms with E-state index < -0.39 is 0 Å². The van der Waals surface area contributed by atoms with Gasteiger partial charge in [0.05, 0.1) is 25.7 Å². The Morgan fingerprint density at radius 2 is 2.03 bits per heavy atom. The number of ketones is 1. The molecule has 0 bridgehead atoms. The van der Waals surface area contributed by atoms with Gasteiger partial charge in [0.25, 0.3) is 0 Å². The quantitative estimate of drug-likeness (QED) is 0.210. The van der Waals surface area contributed by atoms with Gasteiger partial charge in [-0.15, -0.1) is 11.8 Å². The molecule has 1 saturated heterocycles. The summed E-state index contributed by atoms with van der Waals surface area (Å²) in [5.41, 5.74) is 1.37. The molecule has 1 aromatic heterocycles. The van der Waals surface area contributed by atoms with Crippen LogP contribution in [0.5, 0.6) is 5.75 Å². The van der Waals surface area contributed by atoms with Crippen LogP contribution in [0.15, 0.2) is 59.6 Å². The highest BCUT2D eigenvalue weighted by Gasteiger charge is 2.35. The minimum atomic E-state index is -0.273. The van der Waals surface area contributed by atoms with Crippen LogP contribution in [0.1, 0.15) is 29.6 Å². The minimum Gasteiger partial charge on any atom is -0.497 e. The van der Waals surface area contributed by atoms with E-state index in [0.29, 0.717) is 30.7 Å². The van der Waals surface area contributed by atoms with Crippen molar-refractivity contribution in [2.45, 2.75) is 24.2 Å². The fourth-order valence-electron chi connectivity index (χ4n) is 4.83. The number of thioether (sulfide) groups is 1. The number of halogens is 1. The van der Waals surface area contributed by atoms with E-state index in [1.54, 1.807) is 37.2 Å². The Morgan fingerprint density at radius 3 is 2.81 bits per heavy atom. The third-order valence-electron chi connectivity index (χ3n) is 6.81. The van der Waals surface area contributed by atoms with Crippen LogP contribution in [0.4, 0.5) is 4.39 Å². The molecule has 0 N–H and O–H groups in total. The molecule has 2 aromatic carbocycles. The molecule has 0 radical (unpaired) electrons. The number of carbonyl (C=O) groups excluding carboxylic acids is 2. The fourth-order valence-corrected chi connectivity index (χ4v) is 5.79. The number of esters is 1. The molecule has 0 saturated carbocycles. The van der Waals surface area contributed by atoms with Gasteiger partial charge in [-0.25, -0.2) is 4.39 Å². The Kier molecular flexibility index (Phi) is 8.93. The van der Waals surface area contributed by atoms with Gasteiger partial charge in [0.15, 0.2) is 5.78 Å². The maximum Gasteiger partial charge on any atom is 0.310 e. The first-order valence-corrected chi connectivity index (χ1v) is 13.1. The lowest BCUT2D eigenvalue weighted by Crippen LogP contribution is -2.45. The zero-order valence-electron chi connectivity index (χ0n) is 20.6. The molecule has 3 aromatic rings. The molecule has 0 unspecified atom stereocenters. The number of fused-ring (bicyclic) bond motifs is 1. The number of hydrogen-bond donors (Lipinski definition) is 0. The normalized spacial score (nSPS) is 18.2. The van der Waals surface area contributed by atoms with E-state index in [1.165, 1.54) is 19.2 Å². The van der Waals surface area contributed by atoms with Crippen molar-refractivity contribution in [1.29, 1.82) is 0 Å². The third-order valence-corrected chi connectivity index (χ3v) is 7.78. The maximum absolute atomic E-state index is 13.4. The monoisotopic (exact) mass is 510 g/mol. The number of benzene rings is 2. The van der Waals surface area contributed by atoms with Crippen LogP contribution in [0.3, 0.4) is 0 Å². The lowest BCUT2D eigenvalue weighted by molar-refractivity contribution is -0.149. The van der Waals surface area contributed by atoms with E-state index in [0.717, 1.165) is 41.1 Å². The molecule has 0 aliphatic carbocycles. The topological polar surface area (TPSA) is 68.7 Å². The van der Waals surface area contributed by atoms with Crippen molar-refractivity contribution in [3.05, 3.63) is 66.1 Å². The van der Waals surface area contributed by atoms with Gasteiger partial charge in [-0.1, -0.05) is 6.07 Å². The summed E-state index contributed by atoms with van der Waals surface area (Å²) in [4.78, 5) is 33.3. The smallest absolute Gasteiger partial charge is 0.310 e. The number of Topliss-reactive ketones (excluding diaryl/α,β-unsaturated/α-hetero) is 1. The molecular weight excluding hydrogens is 479 g/mol. The Bertz CT molecular complexity index is 1220. The molecule has 4 rings (SSSR count). The summed E-state index contributed by atoms with van der Waals surface area (Å²) in [6.07, 6.45) is 3.45. The molecule has 2 heterocycles. The van der Waals surface area contributed by atoms with Crippen molar-refractivity contribution in [3.63, 3.8) is 0 Å². The Labute approximate surface area is 215 Å². The molecule has 190 valence electrons. The van der Waals surface area contributed by atoms with E-state index >= 15 is 0 Å². The number of nitrogens with zero attached hydrogens (tertiary/aromatic N) is 2. The molecule has 36 heavy (non-hydrogen) atoms. The number of hydrogen-bond acceptors (Lipinski definition) is 7. The number of aromatic nitrogens is 1. The lowest BCUT2D eigenvalue weighted by Gasteiger charge is -2.37. The predicted octanol–water partition coefficient (Wildman–Crippen LogP) is 5.25. The van der Waals surface area contributed by atoms with Crippen LogP contribution in [0, 0.1) is 17.7 Å². The number of piperidine rings is 1. The number of methoxy groups -OCH3 is 2. The first-order valence-electron chi connectivity index (χ1n) is 12.1. The van der Waals surface area contributed by atoms with Gasteiger partial charge in [0, 0.05) is 47.3 Å². The van der Waals surface area contributed by atoms with Crippen molar-refractivity contribution in [2.75, 3.05) is 39.6 Å². The van der Waals surface area contributed by atoms with Crippen molar-refractivity contribution >= 4 is 34.4 Å². The standard InChI is InChI=1S/C28H31FN2O4S/c1-34-21-7-8-26-24(17-21)23(10-12-30-26)27(32)9-6-19-11-13-31(18-25(19)28(33)35-2)14-15-36-22-5-3-4-20(29)16-22/h3-5,7-8,10,12,16-17,19,25H,6,9,11,13-15,18H2,1-2H3/t19-,25+/m1/s1. The lowest BCUT2D eigenvalue weighted by atomic mass is 9.81. The Hall–Kier alpha value is -2.97. The zero-order chi connectivity index (χ0) is 25.5. The van der Waals surface area contributed by atoms with Crippen molar-refractivity contribution in [2.24, 2.45) is 11.8 Å². The fraction of sp³-hybridized carbons (Fsp3) is 0.393. The van der Waals surface area contributed by atoms with Gasteiger partial charge >= 0.3 is 5.97 Å². The third kappa shape index (κ3) is 6.42. The van der Waals surface area contributed by atoms with E-state index in [-0.39, 0.29) is 29.4 Å². The molecule has 1 aliphatic heterocycles. The maximum atomic E-state index is 13.4. The van der Waals surface area contributed by atoms with Gasteiger partial charge in [0.1, 0.15) is 11.6 Å². The highest BCUT2D eigenvalue weighted by atomic mass is 32.2. The molecule has 1 aliphatic rings. The first kappa shape index (κ1) is 26.1. The van der Waals surface area contributed by atoms with Gasteiger partial charge in [-0.05, 0) is 67.8 Å². The Morgan fingerprint density at radius 1 is 1.17 bits per heavy atom. The van der Waals surface area contributed by atoms with Crippen molar-refractivity contribution < 1.29 is 23.5 Å². The summed E-state index contributed by atoms with van der Waals surface area (Å²) in [7, 11) is 3.01. The second kappa shape index (κ2) is 12.3. The van der Waals surface area contributed by atoms with Gasteiger partial charge < -0.3 is 14.4 Å². The summed E-state index contributed by atoms with van der Waals surface area (Å²) in [6, 6.07) is 13.9. The number of pyridine rings is 1. The van der Waals surface area contributed by atoms with Crippen molar-refractivity contribution in [1.82, 2.24) is 9.88 Å². The van der Waals surface area contributed by atoms with Crippen LogP contribution in [0.2, 0.25) is 0 Å². The van der Waals surface area contributed by atoms with Gasteiger partial charge in [0.2, 0.25) is 0 Å². The van der Waals surface area contributed by atoms with E-state index in [4.69, 9.17) is 9.47 Å². The van der Waals surface area contributed by atoms with Crippen molar-refractivity contribution in [3.8, 4) is 5.75 Å². The summed E-state index contributed by atoms with van der Waals surface area (Å²) in [5, 5.41) is 0.775. The van der Waals surface area contributed by atoms with Crippen LogP contribution in [-0.2, 0) is 9.53 Å². The number of ether oxygens (including phenoxy) is 2. The number of likely N-dealkylation sites (tertiary alicyclic amines) is 1. The van der Waals surface area contributed by atoms with E-state index in [9.17, 15) is 14.0 Å². The second-order valence-corrected chi connectivity index (χ2v) is 10.2. The summed E-state index contributed by atoms with van der Waals surface area (Å²) in [5.74, 6) is 0.862. The highest BCUT2D eigenvalue weighted by molar-refractivity contribution is 7.99. The SMILES string of the molecule is COC(=O)[C@H]1CN(CCSc2cccc(F)c2)CC[C@H]1CCC(=O)c1ccnc2ccc(OC)cc12. The molecule has 6 nitrogen and oxygen atoms in total. The summed E-state index contributed by atoms with van der Waals surface area (Å²) >= 11 is 1.60. The first-order chi connectivity index (χ1) is 17.5. The molecule has 2 atom stereocenters. The average Bonchev–Trinajstić information content (AvgIpc) is 2.91. The van der Waals surface area contributed by atoms with E-state index in [2.05, 4.69) is 9.88 Å². The van der Waals surface area contributed by atoms with Crippen LogP contribution in [0.25, 0.3) is 10.9 Å². The van der Waals surface area contributed by atoms with Crippen LogP contribution >= 0.6 is 11.8 Å². The number of rotatable bonds is 10. The highest BCUT2D eigenvalue weighted by Crippen LogP contribution is 2.31. The van der Waals surface area contributed by atoms with Gasteiger partial charge in [-0.3, -0.25) is 14.6 Å². The summed E-state index contributed by atoms with van der Waals surface area (Å²) < 4.78 is 23.8. The number of carbonyl (C=O) groups is 2. The zero-order valence-corrected chi connectivity index (χ0v) is 21.4. The predicted molar refractivity (Wildman–Crippen MR) is 139 cm³/mol. The van der Waals surface area contributed by atoms with Crippen LogP contribution in [-0.4, -0.2) is 61.2 Å². The molecule has 1 fully saturated rings. The van der Waals surface area contributed by atoms with Crippen LogP contribution < -0.4 is 4.74 Å². The van der Waals surface area contributed by atoms with E-state index in [1.807, 2.05) is 24.3 Å². The molecular formula is C28H31FN2O4S. The molecule has 0 spiro atoms. The molecule has 8 heteroatoms. The Balaban J connectivity index is 1.36. The largest absolute Gasteiger partial charge is 0.497 e.